The van der Waals surface area contributed by atoms with E-state index >= 15 is 0 Å². The number of anilines is 1. The van der Waals surface area contributed by atoms with E-state index in [2.05, 4.69) is 10.4 Å². The van der Waals surface area contributed by atoms with Crippen LogP contribution in [0.15, 0.2) is 54.6 Å². The summed E-state index contributed by atoms with van der Waals surface area (Å²) in [6.45, 7) is 5.20. The molecular weight excluding hydrogens is 366 g/mol. The minimum atomic E-state index is -0.172. The number of amides is 1. The van der Waals surface area contributed by atoms with Crippen LogP contribution in [0.1, 0.15) is 34.6 Å². The third-order valence-electron chi connectivity index (χ3n) is 5.11. The number of hydrogen-bond acceptors (Lipinski definition) is 4. The zero-order chi connectivity index (χ0) is 20.2. The number of para-hydroxylation sites is 1. The number of aromatic nitrogens is 2. The first-order valence-corrected chi connectivity index (χ1v) is 9.89. The molecule has 1 aliphatic heterocycles. The average molecular weight is 391 g/mol. The Morgan fingerprint density at radius 1 is 1.17 bits per heavy atom. The molecule has 1 amide bonds. The molecule has 1 atom stereocenters. The molecule has 1 N–H and O–H groups in total. The summed E-state index contributed by atoms with van der Waals surface area (Å²) < 4.78 is 13.2. The number of benzene rings is 2. The Kier molecular flexibility index (Phi) is 5.62. The quantitative estimate of drug-likeness (QED) is 0.680. The first-order valence-electron chi connectivity index (χ1n) is 9.89. The lowest BCUT2D eigenvalue weighted by atomic mass is 10.2. The van der Waals surface area contributed by atoms with E-state index < -0.39 is 0 Å². The van der Waals surface area contributed by atoms with Crippen LogP contribution in [0.4, 0.5) is 5.69 Å². The van der Waals surface area contributed by atoms with Crippen molar-refractivity contribution in [1.82, 2.24) is 9.78 Å². The van der Waals surface area contributed by atoms with Gasteiger partial charge in [0, 0.05) is 12.2 Å². The van der Waals surface area contributed by atoms with Crippen molar-refractivity contribution in [1.29, 1.82) is 0 Å². The minimum Gasteiger partial charge on any atom is -0.491 e. The van der Waals surface area contributed by atoms with E-state index in [9.17, 15) is 4.79 Å². The monoisotopic (exact) mass is 391 g/mol. The van der Waals surface area contributed by atoms with Gasteiger partial charge in [-0.2, -0.15) is 5.10 Å². The highest BCUT2D eigenvalue weighted by Crippen LogP contribution is 2.24. The average Bonchev–Trinajstić information content (AvgIpc) is 3.37. The SMILES string of the molecule is Cc1nn(-c2ccccc2)c(C)c1NC(=O)c1ccc(OCC2CCCO2)cc1. The van der Waals surface area contributed by atoms with Crippen LogP contribution in [0.2, 0.25) is 0 Å². The van der Waals surface area contributed by atoms with Gasteiger partial charge in [-0.05, 0) is 63.1 Å². The van der Waals surface area contributed by atoms with Crippen LogP contribution < -0.4 is 10.1 Å². The molecule has 0 aliphatic carbocycles. The van der Waals surface area contributed by atoms with Gasteiger partial charge in [-0.3, -0.25) is 4.79 Å². The van der Waals surface area contributed by atoms with Gasteiger partial charge in [0.1, 0.15) is 12.4 Å². The molecule has 0 spiro atoms. The molecule has 6 heteroatoms. The van der Waals surface area contributed by atoms with Crippen LogP contribution in [0.25, 0.3) is 5.69 Å². The van der Waals surface area contributed by atoms with E-state index in [1.54, 1.807) is 12.1 Å². The molecule has 1 aromatic heterocycles. The van der Waals surface area contributed by atoms with Crippen molar-refractivity contribution in [2.75, 3.05) is 18.5 Å². The third-order valence-corrected chi connectivity index (χ3v) is 5.11. The second-order valence-corrected chi connectivity index (χ2v) is 7.22. The molecule has 0 radical (unpaired) electrons. The van der Waals surface area contributed by atoms with Gasteiger partial charge in [0.2, 0.25) is 0 Å². The molecule has 29 heavy (non-hydrogen) atoms. The lowest BCUT2D eigenvalue weighted by Gasteiger charge is -2.12. The Balaban J connectivity index is 1.43. The summed E-state index contributed by atoms with van der Waals surface area (Å²) >= 11 is 0. The molecule has 1 aliphatic rings. The number of hydrogen-bond donors (Lipinski definition) is 1. The van der Waals surface area contributed by atoms with E-state index in [0.717, 1.165) is 48.0 Å². The van der Waals surface area contributed by atoms with E-state index in [1.807, 2.05) is 61.0 Å². The van der Waals surface area contributed by atoms with Gasteiger partial charge >= 0.3 is 0 Å². The van der Waals surface area contributed by atoms with Crippen molar-refractivity contribution in [3.8, 4) is 11.4 Å². The summed E-state index contributed by atoms with van der Waals surface area (Å²) in [6, 6.07) is 17.0. The second-order valence-electron chi connectivity index (χ2n) is 7.22. The molecular formula is C23H25N3O3. The van der Waals surface area contributed by atoms with Crippen LogP contribution in [-0.4, -0.2) is 35.0 Å². The van der Waals surface area contributed by atoms with Gasteiger partial charge in [-0.25, -0.2) is 4.68 Å². The van der Waals surface area contributed by atoms with Crippen molar-refractivity contribution in [3.63, 3.8) is 0 Å². The van der Waals surface area contributed by atoms with E-state index in [4.69, 9.17) is 9.47 Å². The van der Waals surface area contributed by atoms with Gasteiger partial charge in [0.25, 0.3) is 5.91 Å². The van der Waals surface area contributed by atoms with Crippen LogP contribution >= 0.6 is 0 Å². The molecule has 150 valence electrons. The standard InChI is InChI=1S/C23H25N3O3/c1-16-22(17(2)26(25-16)19-7-4-3-5-8-19)24-23(27)18-10-12-20(13-11-18)29-15-21-9-6-14-28-21/h3-5,7-8,10-13,21H,6,9,14-15H2,1-2H3,(H,24,27). The van der Waals surface area contributed by atoms with Crippen LogP contribution in [0.5, 0.6) is 5.75 Å². The molecule has 2 heterocycles. The van der Waals surface area contributed by atoms with Crippen molar-refractivity contribution in [2.45, 2.75) is 32.8 Å². The zero-order valence-corrected chi connectivity index (χ0v) is 16.7. The highest BCUT2D eigenvalue weighted by atomic mass is 16.5. The predicted molar refractivity (Wildman–Crippen MR) is 112 cm³/mol. The second kappa shape index (κ2) is 8.49. The van der Waals surface area contributed by atoms with E-state index in [-0.39, 0.29) is 12.0 Å². The minimum absolute atomic E-state index is 0.171. The molecule has 0 saturated carbocycles. The zero-order valence-electron chi connectivity index (χ0n) is 16.7. The molecule has 1 saturated heterocycles. The number of carbonyl (C=O) groups excluding carboxylic acids is 1. The van der Waals surface area contributed by atoms with Crippen molar-refractivity contribution >= 4 is 11.6 Å². The fourth-order valence-corrected chi connectivity index (χ4v) is 3.50. The van der Waals surface area contributed by atoms with Gasteiger partial charge in [0.15, 0.2) is 0 Å². The first-order chi connectivity index (χ1) is 14.1. The Morgan fingerprint density at radius 3 is 2.62 bits per heavy atom. The number of rotatable bonds is 6. The fourth-order valence-electron chi connectivity index (χ4n) is 3.50. The predicted octanol–water partition coefficient (Wildman–Crippen LogP) is 4.30. The van der Waals surface area contributed by atoms with Crippen molar-refractivity contribution in [2.24, 2.45) is 0 Å². The van der Waals surface area contributed by atoms with Crippen LogP contribution in [0, 0.1) is 13.8 Å². The van der Waals surface area contributed by atoms with Gasteiger partial charge in [-0.1, -0.05) is 18.2 Å². The van der Waals surface area contributed by atoms with E-state index in [1.165, 1.54) is 0 Å². The normalized spacial score (nSPS) is 16.0. The number of nitrogens with zero attached hydrogens (tertiary/aromatic N) is 2. The Morgan fingerprint density at radius 2 is 1.93 bits per heavy atom. The lowest BCUT2D eigenvalue weighted by molar-refractivity contribution is 0.0679. The Bertz CT molecular complexity index is 975. The number of nitrogens with one attached hydrogen (secondary N) is 1. The topological polar surface area (TPSA) is 65.4 Å². The molecule has 0 bridgehead atoms. The van der Waals surface area contributed by atoms with Gasteiger partial charge in [-0.15, -0.1) is 0 Å². The molecule has 1 fully saturated rings. The summed E-state index contributed by atoms with van der Waals surface area (Å²) in [4.78, 5) is 12.7. The lowest BCUT2D eigenvalue weighted by Crippen LogP contribution is -2.16. The van der Waals surface area contributed by atoms with Crippen molar-refractivity contribution in [3.05, 3.63) is 71.5 Å². The Labute approximate surface area is 170 Å². The summed E-state index contributed by atoms with van der Waals surface area (Å²) in [5.41, 5.74) is 3.93. The molecule has 4 rings (SSSR count). The largest absolute Gasteiger partial charge is 0.491 e. The maximum atomic E-state index is 12.7. The molecule has 2 aromatic carbocycles. The summed E-state index contributed by atoms with van der Waals surface area (Å²) in [5.74, 6) is 0.566. The Hall–Kier alpha value is -3.12. The molecule has 6 nitrogen and oxygen atoms in total. The van der Waals surface area contributed by atoms with Crippen LogP contribution in [-0.2, 0) is 4.74 Å². The summed E-state index contributed by atoms with van der Waals surface area (Å²) in [7, 11) is 0. The number of ether oxygens (including phenoxy) is 2. The first kappa shape index (κ1) is 19.2. The third kappa shape index (κ3) is 4.32. The fraction of sp³-hybridized carbons (Fsp3) is 0.304. The van der Waals surface area contributed by atoms with Crippen molar-refractivity contribution < 1.29 is 14.3 Å². The summed E-state index contributed by atoms with van der Waals surface area (Å²) in [5, 5.41) is 7.57. The van der Waals surface area contributed by atoms with Gasteiger partial charge in [0.05, 0.1) is 28.9 Å². The van der Waals surface area contributed by atoms with E-state index in [0.29, 0.717) is 12.2 Å². The smallest absolute Gasteiger partial charge is 0.255 e. The highest BCUT2D eigenvalue weighted by Gasteiger charge is 2.17. The van der Waals surface area contributed by atoms with Gasteiger partial charge < -0.3 is 14.8 Å². The highest BCUT2D eigenvalue weighted by molar-refractivity contribution is 6.05. The summed E-state index contributed by atoms with van der Waals surface area (Å²) in [6.07, 6.45) is 2.30. The maximum Gasteiger partial charge on any atom is 0.255 e. The van der Waals surface area contributed by atoms with Crippen LogP contribution in [0.3, 0.4) is 0 Å². The number of carbonyl (C=O) groups is 1. The maximum absolute atomic E-state index is 12.7. The molecule has 1 unspecified atom stereocenters. The molecule has 3 aromatic rings. The number of aryl methyl sites for hydroxylation is 1.